The van der Waals surface area contributed by atoms with Crippen LogP contribution in [-0.4, -0.2) is 33.8 Å². The minimum Gasteiger partial charge on any atom is -0.462 e. The van der Waals surface area contributed by atoms with Crippen LogP contribution in [0.2, 0.25) is 0 Å². The summed E-state index contributed by atoms with van der Waals surface area (Å²) < 4.78 is 6.69. The van der Waals surface area contributed by atoms with Crippen molar-refractivity contribution < 1.29 is 14.3 Å². The van der Waals surface area contributed by atoms with Gasteiger partial charge in [-0.25, -0.2) is 9.78 Å². The second-order valence-corrected chi connectivity index (χ2v) is 10.9. The van der Waals surface area contributed by atoms with Crippen molar-refractivity contribution in [3.63, 3.8) is 0 Å². The van der Waals surface area contributed by atoms with Crippen molar-refractivity contribution in [3.8, 4) is 5.69 Å². The molecule has 37 heavy (non-hydrogen) atoms. The van der Waals surface area contributed by atoms with E-state index in [9.17, 15) is 14.4 Å². The van der Waals surface area contributed by atoms with Crippen molar-refractivity contribution in [3.05, 3.63) is 81.0 Å². The van der Waals surface area contributed by atoms with Crippen molar-refractivity contribution in [1.82, 2.24) is 9.55 Å². The molecule has 1 aliphatic rings. The largest absolute Gasteiger partial charge is 0.462 e. The molecule has 2 heterocycles. The average molecular weight is 534 g/mol. The predicted octanol–water partition coefficient (Wildman–Crippen LogP) is 5.62. The van der Waals surface area contributed by atoms with E-state index >= 15 is 0 Å². The Bertz CT molecular complexity index is 1490. The molecule has 5 rings (SSSR count). The Morgan fingerprint density at radius 2 is 1.89 bits per heavy atom. The number of carbonyl (C=O) groups is 2. The molecule has 1 aliphatic carbocycles. The predicted molar refractivity (Wildman–Crippen MR) is 148 cm³/mol. The van der Waals surface area contributed by atoms with Gasteiger partial charge in [-0.3, -0.25) is 14.2 Å². The van der Waals surface area contributed by atoms with Gasteiger partial charge in [-0.1, -0.05) is 30.0 Å². The van der Waals surface area contributed by atoms with Gasteiger partial charge in [0.2, 0.25) is 5.91 Å². The van der Waals surface area contributed by atoms with E-state index in [2.05, 4.69) is 5.32 Å². The van der Waals surface area contributed by atoms with Crippen LogP contribution in [0.15, 0.2) is 64.5 Å². The molecule has 0 aliphatic heterocycles. The van der Waals surface area contributed by atoms with E-state index < -0.39 is 0 Å². The zero-order valence-electron chi connectivity index (χ0n) is 20.5. The van der Waals surface area contributed by atoms with Gasteiger partial charge in [0.15, 0.2) is 5.16 Å². The number of rotatable bonds is 9. The first-order valence-electron chi connectivity index (χ1n) is 12.4. The summed E-state index contributed by atoms with van der Waals surface area (Å²) >= 11 is 3.14. The highest BCUT2D eigenvalue weighted by Gasteiger charge is 2.23. The number of aryl methyl sites for hydroxylation is 2. The molecule has 0 radical (unpaired) electrons. The van der Waals surface area contributed by atoms with Crippen LogP contribution in [-0.2, 0) is 22.4 Å². The Balaban J connectivity index is 1.25. The lowest BCUT2D eigenvalue weighted by Crippen LogP contribution is -2.22. The van der Waals surface area contributed by atoms with Crippen LogP contribution in [0.1, 0.15) is 47.0 Å². The van der Waals surface area contributed by atoms with Gasteiger partial charge in [0.1, 0.15) is 4.83 Å². The number of hydrogen-bond acceptors (Lipinski definition) is 7. The molecule has 2 aromatic heterocycles. The summed E-state index contributed by atoms with van der Waals surface area (Å²) in [7, 11) is 0. The molecule has 2 aromatic carbocycles. The van der Waals surface area contributed by atoms with Gasteiger partial charge in [-0.15, -0.1) is 11.3 Å². The number of benzene rings is 2. The third-order valence-electron chi connectivity index (χ3n) is 6.18. The van der Waals surface area contributed by atoms with Gasteiger partial charge >= 0.3 is 5.97 Å². The maximum absolute atomic E-state index is 13.6. The first-order chi connectivity index (χ1) is 18.0. The second kappa shape index (κ2) is 11.3. The maximum Gasteiger partial charge on any atom is 0.338 e. The van der Waals surface area contributed by atoms with Gasteiger partial charge in [0, 0.05) is 22.7 Å². The zero-order chi connectivity index (χ0) is 25.8. The first-order valence-corrected chi connectivity index (χ1v) is 14.2. The molecular formula is C28H27N3O4S2. The number of fused-ring (bicyclic) bond motifs is 3. The van der Waals surface area contributed by atoms with E-state index in [4.69, 9.17) is 9.72 Å². The number of amides is 1. The maximum atomic E-state index is 13.6. The molecule has 0 atom stereocenters. The number of hydrogen-bond donors (Lipinski definition) is 1. The lowest BCUT2D eigenvalue weighted by Gasteiger charge is -2.12. The number of thiophene rings is 1. The van der Waals surface area contributed by atoms with E-state index in [1.165, 1.54) is 22.2 Å². The van der Waals surface area contributed by atoms with E-state index in [1.807, 2.05) is 30.3 Å². The first kappa shape index (κ1) is 25.2. The van der Waals surface area contributed by atoms with E-state index in [0.717, 1.165) is 35.2 Å². The third kappa shape index (κ3) is 5.47. The van der Waals surface area contributed by atoms with E-state index in [-0.39, 0.29) is 17.4 Å². The molecule has 0 fully saturated rings. The number of ether oxygens (including phenoxy) is 1. The molecule has 1 N–H and O–H groups in total. The van der Waals surface area contributed by atoms with Crippen LogP contribution in [0.4, 0.5) is 5.69 Å². The normalized spacial score (nSPS) is 12.5. The summed E-state index contributed by atoms with van der Waals surface area (Å²) in [6.45, 7) is 2.07. The molecule has 4 aromatic rings. The third-order valence-corrected chi connectivity index (χ3v) is 8.39. The summed E-state index contributed by atoms with van der Waals surface area (Å²) in [6.07, 6.45) is 4.01. The number of nitrogens with one attached hydrogen (secondary N) is 1. The fourth-order valence-electron chi connectivity index (χ4n) is 4.45. The van der Waals surface area contributed by atoms with Gasteiger partial charge in [-0.05, 0) is 74.6 Å². The van der Waals surface area contributed by atoms with Crippen molar-refractivity contribution in [2.24, 2.45) is 0 Å². The molecular weight excluding hydrogens is 506 g/mol. The van der Waals surface area contributed by atoms with Crippen LogP contribution in [0.5, 0.6) is 0 Å². The molecule has 0 unspecified atom stereocenters. The number of anilines is 1. The molecule has 0 spiro atoms. The number of thioether (sulfide) groups is 1. The van der Waals surface area contributed by atoms with Crippen LogP contribution in [0, 0.1) is 0 Å². The second-order valence-electron chi connectivity index (χ2n) is 8.71. The Kier molecular flexibility index (Phi) is 7.71. The van der Waals surface area contributed by atoms with Gasteiger partial charge in [0.25, 0.3) is 5.56 Å². The fourth-order valence-corrected chi connectivity index (χ4v) is 6.70. The smallest absolute Gasteiger partial charge is 0.338 e. The minimum absolute atomic E-state index is 0.0119. The number of nitrogens with zero attached hydrogens (tertiary/aromatic N) is 2. The van der Waals surface area contributed by atoms with Crippen molar-refractivity contribution >= 4 is 50.9 Å². The monoisotopic (exact) mass is 533 g/mol. The number of para-hydroxylation sites is 1. The summed E-state index contributed by atoms with van der Waals surface area (Å²) in [4.78, 5) is 44.9. The number of aromatic nitrogens is 2. The van der Waals surface area contributed by atoms with Crippen LogP contribution < -0.4 is 10.9 Å². The van der Waals surface area contributed by atoms with E-state index in [1.54, 1.807) is 47.1 Å². The number of carbonyl (C=O) groups excluding carboxylic acids is 2. The average Bonchev–Trinajstić information content (AvgIpc) is 3.49. The lowest BCUT2D eigenvalue weighted by atomic mass is 10.2. The molecule has 1 amide bonds. The summed E-state index contributed by atoms with van der Waals surface area (Å²) in [5, 5.41) is 4.28. The minimum atomic E-state index is -0.384. The highest BCUT2D eigenvalue weighted by molar-refractivity contribution is 7.99. The highest BCUT2D eigenvalue weighted by Crippen LogP contribution is 2.36. The quantitative estimate of drug-likeness (QED) is 0.130. The molecule has 0 bridgehead atoms. The van der Waals surface area contributed by atoms with Gasteiger partial charge in [-0.2, -0.15) is 0 Å². The summed E-state index contributed by atoms with van der Waals surface area (Å²) in [6, 6.07) is 16.3. The SMILES string of the molecule is CCOC(=O)c1ccc(NC(=O)CCCSc2nc3sc4c(c3c(=O)n2-c2ccccc2)CCC4)cc1. The van der Waals surface area contributed by atoms with E-state index in [0.29, 0.717) is 41.6 Å². The Labute approximate surface area is 222 Å². The van der Waals surface area contributed by atoms with Crippen molar-refractivity contribution in [1.29, 1.82) is 0 Å². The van der Waals surface area contributed by atoms with Crippen LogP contribution in [0.3, 0.4) is 0 Å². The number of esters is 1. The Hall–Kier alpha value is -3.43. The van der Waals surface area contributed by atoms with Crippen LogP contribution >= 0.6 is 23.1 Å². The molecule has 0 saturated heterocycles. The van der Waals surface area contributed by atoms with Crippen molar-refractivity contribution in [2.75, 3.05) is 17.7 Å². The Morgan fingerprint density at radius 3 is 2.65 bits per heavy atom. The Morgan fingerprint density at radius 1 is 1.11 bits per heavy atom. The lowest BCUT2D eigenvalue weighted by molar-refractivity contribution is -0.116. The highest BCUT2D eigenvalue weighted by atomic mass is 32.2. The summed E-state index contributed by atoms with van der Waals surface area (Å²) in [5.41, 5.74) is 3.03. The van der Waals surface area contributed by atoms with Gasteiger partial charge in [0.05, 0.1) is 23.2 Å². The van der Waals surface area contributed by atoms with Crippen molar-refractivity contribution in [2.45, 2.75) is 44.2 Å². The molecule has 190 valence electrons. The topological polar surface area (TPSA) is 90.3 Å². The zero-order valence-corrected chi connectivity index (χ0v) is 22.1. The summed E-state index contributed by atoms with van der Waals surface area (Å²) in [5.74, 6) is 0.152. The molecule has 9 heteroatoms. The van der Waals surface area contributed by atoms with Gasteiger partial charge < -0.3 is 10.1 Å². The molecule has 0 saturated carbocycles. The standard InChI is InChI=1S/C28H27N3O4S2/c1-2-35-27(34)18-13-15-19(16-14-18)29-23(32)12-7-17-36-28-30-25-24(21-10-6-11-22(21)37-25)26(33)31(28)20-8-4-3-5-9-20/h3-5,8-9,13-16H,2,6-7,10-12,17H2,1H3,(H,29,32). The molecule has 7 nitrogen and oxygen atoms in total. The van der Waals surface area contributed by atoms with Crippen LogP contribution in [0.25, 0.3) is 15.9 Å². The fraction of sp³-hybridized carbons (Fsp3) is 0.286.